The maximum Gasteiger partial charge on any atom is 0.410 e. The third kappa shape index (κ3) is 4.64. The van der Waals surface area contributed by atoms with E-state index in [1.54, 1.807) is 24.0 Å². The molecule has 1 aliphatic rings. The van der Waals surface area contributed by atoms with E-state index in [9.17, 15) is 14.3 Å². The molecule has 2 atom stereocenters. The van der Waals surface area contributed by atoms with Gasteiger partial charge in [-0.2, -0.15) is 0 Å². The number of amides is 1. The Hall–Kier alpha value is -3.00. The zero-order valence-corrected chi connectivity index (χ0v) is 19.8. The van der Waals surface area contributed by atoms with Crippen molar-refractivity contribution in [2.75, 3.05) is 13.1 Å². The molecule has 1 aliphatic heterocycles. The standard InChI is InChI=1S/C26H27ClFN3O3/c1-25(10-11-31(25)24(32)34-15-17-6-4-3-5-7-17)19-13-22(18-8-9-21(28)20(27)12-18)30-23(14-19)26(2,33)16-29/h3-9,12-14,33H,10-11,15-16,29H2,1-2H3/t25-,26?/m1/s1. The molecule has 34 heavy (non-hydrogen) atoms. The number of carbonyl (C=O) groups excluding carboxylic acids is 1. The number of aromatic nitrogens is 1. The summed E-state index contributed by atoms with van der Waals surface area (Å²) < 4.78 is 19.3. The first-order valence-electron chi connectivity index (χ1n) is 11.0. The summed E-state index contributed by atoms with van der Waals surface area (Å²) in [5.41, 5.74) is 6.84. The Kier molecular flexibility index (Phi) is 6.62. The third-order valence-electron chi connectivity index (χ3n) is 6.46. The van der Waals surface area contributed by atoms with E-state index < -0.39 is 23.1 Å². The minimum Gasteiger partial charge on any atom is -0.445 e. The largest absolute Gasteiger partial charge is 0.445 e. The van der Waals surface area contributed by atoms with Crippen molar-refractivity contribution in [2.45, 2.75) is 38.0 Å². The summed E-state index contributed by atoms with van der Waals surface area (Å²) in [4.78, 5) is 19.2. The maximum atomic E-state index is 13.7. The van der Waals surface area contributed by atoms with Gasteiger partial charge in [-0.15, -0.1) is 0 Å². The number of rotatable bonds is 6. The van der Waals surface area contributed by atoms with E-state index in [2.05, 4.69) is 4.98 Å². The van der Waals surface area contributed by atoms with Gasteiger partial charge in [-0.1, -0.05) is 41.9 Å². The quantitative estimate of drug-likeness (QED) is 0.517. The number of ether oxygens (including phenoxy) is 1. The molecule has 1 aromatic heterocycles. The Morgan fingerprint density at radius 2 is 2.00 bits per heavy atom. The molecule has 3 aromatic rings. The molecule has 3 N–H and O–H groups in total. The van der Waals surface area contributed by atoms with Gasteiger partial charge in [0.25, 0.3) is 0 Å². The Morgan fingerprint density at radius 3 is 2.62 bits per heavy atom. The van der Waals surface area contributed by atoms with Crippen molar-refractivity contribution in [2.24, 2.45) is 5.73 Å². The fourth-order valence-corrected chi connectivity index (χ4v) is 4.16. The zero-order valence-electron chi connectivity index (χ0n) is 19.1. The molecule has 4 rings (SSSR count). The lowest BCUT2D eigenvalue weighted by Crippen LogP contribution is -2.58. The van der Waals surface area contributed by atoms with Crippen LogP contribution in [0.3, 0.4) is 0 Å². The predicted molar refractivity (Wildman–Crippen MR) is 129 cm³/mol. The summed E-state index contributed by atoms with van der Waals surface area (Å²) in [6, 6.07) is 17.4. The smallest absolute Gasteiger partial charge is 0.410 e. The highest BCUT2D eigenvalue weighted by molar-refractivity contribution is 6.31. The highest BCUT2D eigenvalue weighted by Crippen LogP contribution is 2.42. The summed E-state index contributed by atoms with van der Waals surface area (Å²) in [5, 5.41) is 10.8. The molecule has 0 aliphatic carbocycles. The molecule has 1 fully saturated rings. The van der Waals surface area contributed by atoms with Crippen LogP contribution in [0.1, 0.15) is 37.1 Å². The van der Waals surface area contributed by atoms with Gasteiger partial charge >= 0.3 is 6.09 Å². The first-order chi connectivity index (χ1) is 16.1. The van der Waals surface area contributed by atoms with Crippen molar-refractivity contribution in [1.29, 1.82) is 0 Å². The molecule has 1 unspecified atom stereocenters. The molecule has 1 saturated heterocycles. The lowest BCUT2D eigenvalue weighted by molar-refractivity contribution is -0.0101. The number of aliphatic hydroxyl groups is 1. The van der Waals surface area contributed by atoms with Crippen molar-refractivity contribution in [3.63, 3.8) is 0 Å². The average Bonchev–Trinajstić information content (AvgIpc) is 2.83. The SMILES string of the molecule is CC(O)(CN)c1cc([C@@]2(C)CCN2C(=O)OCc2ccccc2)cc(-c2ccc(F)c(Cl)c2)n1. The average molecular weight is 484 g/mol. The van der Waals surface area contributed by atoms with Crippen molar-refractivity contribution >= 4 is 17.7 Å². The minimum atomic E-state index is -1.40. The van der Waals surface area contributed by atoms with Crippen LogP contribution in [0.4, 0.5) is 9.18 Å². The Labute approximate surface area is 203 Å². The molecule has 6 nitrogen and oxygen atoms in total. The van der Waals surface area contributed by atoms with Crippen LogP contribution in [0.15, 0.2) is 60.7 Å². The van der Waals surface area contributed by atoms with E-state index in [1.165, 1.54) is 12.1 Å². The number of nitrogens with zero attached hydrogens (tertiary/aromatic N) is 2. The highest BCUT2D eigenvalue weighted by atomic mass is 35.5. The van der Waals surface area contributed by atoms with Crippen molar-refractivity contribution in [3.8, 4) is 11.3 Å². The second kappa shape index (κ2) is 9.33. The van der Waals surface area contributed by atoms with Crippen molar-refractivity contribution in [3.05, 3.63) is 88.3 Å². The summed E-state index contributed by atoms with van der Waals surface area (Å²) in [6.07, 6.45) is 0.276. The van der Waals surface area contributed by atoms with E-state index in [-0.39, 0.29) is 18.2 Å². The number of halogens is 2. The van der Waals surface area contributed by atoms with Gasteiger partial charge in [-0.3, -0.25) is 4.90 Å². The Balaban J connectivity index is 1.68. The van der Waals surface area contributed by atoms with Crippen molar-refractivity contribution in [1.82, 2.24) is 9.88 Å². The van der Waals surface area contributed by atoms with Gasteiger partial charge in [0.1, 0.15) is 18.0 Å². The van der Waals surface area contributed by atoms with Gasteiger partial charge in [0.05, 0.1) is 21.9 Å². The highest BCUT2D eigenvalue weighted by Gasteiger charge is 2.46. The Bertz CT molecular complexity index is 1210. The van der Waals surface area contributed by atoms with Crippen LogP contribution in [0.25, 0.3) is 11.3 Å². The van der Waals surface area contributed by atoms with E-state index >= 15 is 0 Å². The Morgan fingerprint density at radius 1 is 1.26 bits per heavy atom. The number of benzene rings is 2. The molecule has 8 heteroatoms. The van der Waals surface area contributed by atoms with Gasteiger partial charge in [0, 0.05) is 18.7 Å². The first-order valence-corrected chi connectivity index (χ1v) is 11.4. The van der Waals surface area contributed by atoms with E-state index in [4.69, 9.17) is 22.1 Å². The van der Waals surface area contributed by atoms with Gasteiger partial charge in [-0.25, -0.2) is 14.2 Å². The number of likely N-dealkylation sites (tertiary alicyclic amines) is 1. The number of hydrogen-bond donors (Lipinski definition) is 2. The fourth-order valence-electron chi connectivity index (χ4n) is 3.97. The minimum absolute atomic E-state index is 0.0298. The molecular weight excluding hydrogens is 457 g/mol. The molecule has 0 spiro atoms. The van der Waals surface area contributed by atoms with Crippen LogP contribution in [-0.4, -0.2) is 34.2 Å². The molecule has 178 valence electrons. The molecule has 1 amide bonds. The van der Waals surface area contributed by atoms with E-state index in [1.807, 2.05) is 43.3 Å². The molecular formula is C26H27ClFN3O3. The molecule has 0 bridgehead atoms. The summed E-state index contributed by atoms with van der Waals surface area (Å²) in [6.45, 7) is 4.18. The van der Waals surface area contributed by atoms with Crippen LogP contribution < -0.4 is 5.73 Å². The second-order valence-electron chi connectivity index (χ2n) is 8.95. The predicted octanol–water partition coefficient (Wildman–Crippen LogP) is 4.97. The fraction of sp³-hybridized carbons (Fsp3) is 0.308. The van der Waals surface area contributed by atoms with Crippen LogP contribution >= 0.6 is 11.6 Å². The number of pyridine rings is 1. The van der Waals surface area contributed by atoms with E-state index in [0.29, 0.717) is 29.9 Å². The van der Waals surface area contributed by atoms with Gasteiger partial charge in [-0.05, 0) is 61.7 Å². The normalized spacial score (nSPS) is 19.3. The lowest BCUT2D eigenvalue weighted by Gasteiger charge is -2.50. The molecule has 2 aromatic carbocycles. The zero-order chi connectivity index (χ0) is 24.5. The second-order valence-corrected chi connectivity index (χ2v) is 9.36. The van der Waals surface area contributed by atoms with Crippen LogP contribution in [0.5, 0.6) is 0 Å². The van der Waals surface area contributed by atoms with Gasteiger partial charge < -0.3 is 15.6 Å². The monoisotopic (exact) mass is 483 g/mol. The van der Waals surface area contributed by atoms with Gasteiger partial charge in [0.15, 0.2) is 0 Å². The summed E-state index contributed by atoms with van der Waals surface area (Å²) in [5.74, 6) is -0.533. The molecule has 0 radical (unpaired) electrons. The number of hydrogen-bond acceptors (Lipinski definition) is 5. The van der Waals surface area contributed by atoms with Crippen LogP contribution in [0, 0.1) is 5.82 Å². The topological polar surface area (TPSA) is 88.7 Å². The lowest BCUT2D eigenvalue weighted by atomic mass is 9.79. The van der Waals surface area contributed by atoms with Crippen LogP contribution in [0.2, 0.25) is 5.02 Å². The molecule has 0 saturated carbocycles. The molecule has 2 heterocycles. The summed E-state index contributed by atoms with van der Waals surface area (Å²) >= 11 is 6.00. The summed E-state index contributed by atoms with van der Waals surface area (Å²) in [7, 11) is 0. The van der Waals surface area contributed by atoms with Crippen LogP contribution in [-0.2, 0) is 22.5 Å². The van der Waals surface area contributed by atoms with Crippen molar-refractivity contribution < 1.29 is 19.0 Å². The third-order valence-corrected chi connectivity index (χ3v) is 6.75. The van der Waals surface area contributed by atoms with Gasteiger partial charge in [0.2, 0.25) is 0 Å². The number of carbonyl (C=O) groups is 1. The first kappa shape index (κ1) is 24.1. The van der Waals surface area contributed by atoms with E-state index in [0.717, 1.165) is 11.1 Å². The maximum absolute atomic E-state index is 13.7. The number of nitrogens with two attached hydrogens (primary N) is 1.